The van der Waals surface area contributed by atoms with Crippen molar-refractivity contribution in [2.75, 3.05) is 6.26 Å². The average Bonchev–Trinajstić information content (AvgIpc) is 2.82. The molecule has 0 saturated heterocycles. The number of hydrogen-bond donors (Lipinski definition) is 0. The molecule has 0 spiro atoms. The van der Waals surface area contributed by atoms with Gasteiger partial charge in [0.1, 0.15) is 11.6 Å². The summed E-state index contributed by atoms with van der Waals surface area (Å²) in [5.41, 5.74) is -0.702. The van der Waals surface area contributed by atoms with E-state index < -0.39 is 50.1 Å². The zero-order valence-electron chi connectivity index (χ0n) is 12.3. The van der Waals surface area contributed by atoms with Crippen molar-refractivity contribution in [3.8, 4) is 5.69 Å². The summed E-state index contributed by atoms with van der Waals surface area (Å²) in [6.07, 6.45) is 0.623. The van der Waals surface area contributed by atoms with Crippen molar-refractivity contribution < 1.29 is 30.8 Å². The van der Waals surface area contributed by atoms with E-state index in [0.29, 0.717) is 6.07 Å². The number of nitrogens with zero attached hydrogens (tertiary/aromatic N) is 1. The molecule has 24 heavy (non-hydrogen) atoms. The van der Waals surface area contributed by atoms with Gasteiger partial charge in [0.25, 0.3) is 0 Å². The van der Waals surface area contributed by atoms with Gasteiger partial charge in [-0.3, -0.25) is 4.79 Å². The first-order valence-electron chi connectivity index (χ1n) is 6.84. The Bertz CT molecular complexity index is 943. The molecule has 0 unspecified atom stereocenters. The molecule has 1 aromatic heterocycles. The number of carbonyl (C=O) groups excluding carboxylic acids is 1. The number of aromatic nitrogens is 1. The largest absolute Gasteiger partial charge is 0.319 e. The van der Waals surface area contributed by atoms with E-state index in [9.17, 15) is 30.8 Å². The zero-order valence-corrected chi connectivity index (χ0v) is 13.1. The second kappa shape index (κ2) is 5.17. The maximum atomic E-state index is 13.7. The monoisotopic (exact) mass is 361 g/mol. The summed E-state index contributed by atoms with van der Waals surface area (Å²) >= 11 is 0. The van der Waals surface area contributed by atoms with Crippen LogP contribution in [-0.2, 0) is 16.3 Å². The van der Waals surface area contributed by atoms with Crippen LogP contribution in [0.4, 0.5) is 17.6 Å². The van der Waals surface area contributed by atoms with Crippen LogP contribution in [0.2, 0.25) is 0 Å². The maximum Gasteiger partial charge on any atom is 0.310 e. The van der Waals surface area contributed by atoms with Crippen molar-refractivity contribution in [3.63, 3.8) is 0 Å². The molecule has 0 saturated carbocycles. The highest BCUT2D eigenvalue weighted by molar-refractivity contribution is 7.90. The Hall–Kier alpha value is -2.16. The van der Waals surface area contributed by atoms with E-state index in [0.717, 1.165) is 29.2 Å². The van der Waals surface area contributed by atoms with Gasteiger partial charge in [-0.2, -0.15) is 8.78 Å². The molecule has 2 aromatic rings. The molecule has 0 fully saturated rings. The zero-order chi connectivity index (χ0) is 17.9. The van der Waals surface area contributed by atoms with E-state index in [1.807, 2.05) is 0 Å². The summed E-state index contributed by atoms with van der Waals surface area (Å²) < 4.78 is 79.1. The summed E-state index contributed by atoms with van der Waals surface area (Å²) in [6.45, 7) is 0. The van der Waals surface area contributed by atoms with Crippen molar-refractivity contribution in [1.82, 2.24) is 4.57 Å². The summed E-state index contributed by atoms with van der Waals surface area (Å²) in [7, 11) is -4.00. The molecular weight excluding hydrogens is 350 g/mol. The standard InChI is InChI=1S/C15H11F4NO3S/c1-24(22,23)12-7-20(10-5-8(16)4-9(17)6-10)11-2-3-15(18,19)14(21)13(11)12/h4-7H,2-3H2,1H3. The van der Waals surface area contributed by atoms with E-state index in [1.54, 1.807) is 0 Å². The molecule has 1 aromatic carbocycles. The molecule has 128 valence electrons. The molecular formula is C15H11F4NO3S. The lowest BCUT2D eigenvalue weighted by Gasteiger charge is -2.22. The minimum absolute atomic E-state index is 0.00338. The fourth-order valence-corrected chi connectivity index (χ4v) is 3.65. The van der Waals surface area contributed by atoms with Gasteiger partial charge in [-0.05, 0) is 18.6 Å². The summed E-state index contributed by atoms with van der Waals surface area (Å²) in [5, 5.41) is 0. The Morgan fingerprint density at radius 3 is 2.25 bits per heavy atom. The van der Waals surface area contributed by atoms with Crippen LogP contribution in [-0.4, -0.2) is 30.9 Å². The first kappa shape index (κ1) is 16.7. The van der Waals surface area contributed by atoms with Gasteiger partial charge in [0, 0.05) is 30.6 Å². The first-order valence-corrected chi connectivity index (χ1v) is 8.73. The van der Waals surface area contributed by atoms with Gasteiger partial charge in [0.05, 0.1) is 16.1 Å². The average molecular weight is 361 g/mol. The SMILES string of the molecule is CS(=O)(=O)c1cn(-c2cc(F)cc(F)c2)c2c1C(=O)C(F)(F)CC2. The first-order chi connectivity index (χ1) is 11.0. The van der Waals surface area contributed by atoms with Crippen LogP contribution in [0.1, 0.15) is 22.5 Å². The maximum absolute atomic E-state index is 13.7. The predicted octanol–water partition coefficient (Wildman–Crippen LogP) is 2.92. The fourth-order valence-electron chi connectivity index (χ4n) is 2.77. The molecule has 0 radical (unpaired) electrons. The number of alkyl halides is 2. The van der Waals surface area contributed by atoms with Crippen molar-refractivity contribution in [1.29, 1.82) is 0 Å². The van der Waals surface area contributed by atoms with Gasteiger partial charge in [0.15, 0.2) is 9.84 Å². The molecule has 4 nitrogen and oxygen atoms in total. The summed E-state index contributed by atoms with van der Waals surface area (Å²) in [4.78, 5) is 11.4. The van der Waals surface area contributed by atoms with E-state index >= 15 is 0 Å². The molecule has 1 aliphatic carbocycles. The van der Waals surface area contributed by atoms with Crippen LogP contribution in [0.5, 0.6) is 0 Å². The third-order valence-electron chi connectivity index (χ3n) is 3.83. The lowest BCUT2D eigenvalue weighted by Crippen LogP contribution is -2.35. The smallest absolute Gasteiger partial charge is 0.310 e. The van der Waals surface area contributed by atoms with E-state index in [-0.39, 0.29) is 17.8 Å². The third kappa shape index (κ3) is 2.62. The number of benzene rings is 1. The van der Waals surface area contributed by atoms with E-state index in [4.69, 9.17) is 0 Å². The predicted molar refractivity (Wildman–Crippen MR) is 76.4 cm³/mol. The van der Waals surface area contributed by atoms with Gasteiger partial charge >= 0.3 is 5.92 Å². The number of rotatable bonds is 2. The lowest BCUT2D eigenvalue weighted by atomic mass is 9.93. The number of sulfone groups is 1. The van der Waals surface area contributed by atoms with Gasteiger partial charge in [-0.15, -0.1) is 0 Å². The molecule has 3 rings (SSSR count). The fraction of sp³-hybridized carbons (Fsp3) is 0.267. The van der Waals surface area contributed by atoms with Crippen molar-refractivity contribution in [3.05, 3.63) is 47.3 Å². The van der Waals surface area contributed by atoms with Crippen molar-refractivity contribution in [2.24, 2.45) is 0 Å². The normalized spacial score (nSPS) is 17.0. The lowest BCUT2D eigenvalue weighted by molar-refractivity contribution is 0.00142. The molecule has 1 aliphatic rings. The molecule has 0 N–H and O–H groups in total. The third-order valence-corrected chi connectivity index (χ3v) is 4.94. The van der Waals surface area contributed by atoms with Crippen molar-refractivity contribution >= 4 is 15.6 Å². The van der Waals surface area contributed by atoms with Gasteiger partial charge in [-0.25, -0.2) is 17.2 Å². The second-order valence-corrected chi connectivity index (χ2v) is 7.60. The molecule has 0 amide bonds. The van der Waals surface area contributed by atoms with Gasteiger partial charge in [0.2, 0.25) is 5.78 Å². The van der Waals surface area contributed by atoms with Crippen LogP contribution in [0.15, 0.2) is 29.3 Å². The van der Waals surface area contributed by atoms with Crippen LogP contribution in [0.25, 0.3) is 5.69 Å². The molecule has 0 aliphatic heterocycles. The number of Topliss-reactive ketones (excluding diaryl/α,β-unsaturated/α-hetero) is 1. The molecule has 9 heteroatoms. The Morgan fingerprint density at radius 2 is 1.71 bits per heavy atom. The highest BCUT2D eigenvalue weighted by Crippen LogP contribution is 2.38. The number of carbonyl (C=O) groups is 1. The number of fused-ring (bicyclic) bond motifs is 1. The van der Waals surface area contributed by atoms with Crippen LogP contribution in [0, 0.1) is 11.6 Å². The molecule has 0 atom stereocenters. The Balaban J connectivity index is 2.33. The Kier molecular flexibility index (Phi) is 3.59. The quantitative estimate of drug-likeness (QED) is 0.773. The number of halogens is 4. The van der Waals surface area contributed by atoms with E-state index in [2.05, 4.69) is 0 Å². The highest BCUT2D eigenvalue weighted by Gasteiger charge is 2.47. The van der Waals surface area contributed by atoms with Gasteiger partial charge < -0.3 is 4.57 Å². The van der Waals surface area contributed by atoms with E-state index in [1.165, 1.54) is 0 Å². The van der Waals surface area contributed by atoms with Crippen LogP contribution in [0.3, 0.4) is 0 Å². The molecule has 1 heterocycles. The number of ketones is 1. The minimum atomic E-state index is -4.00. The number of hydrogen-bond acceptors (Lipinski definition) is 3. The van der Waals surface area contributed by atoms with Crippen molar-refractivity contribution in [2.45, 2.75) is 23.7 Å². The summed E-state index contributed by atoms with van der Waals surface area (Å²) in [5.74, 6) is -7.10. The van der Waals surface area contributed by atoms with Crippen LogP contribution >= 0.6 is 0 Å². The Morgan fingerprint density at radius 1 is 1.12 bits per heavy atom. The minimum Gasteiger partial charge on any atom is -0.319 e. The Labute approximate surface area is 134 Å². The van der Waals surface area contributed by atoms with Gasteiger partial charge in [-0.1, -0.05) is 0 Å². The highest BCUT2D eigenvalue weighted by atomic mass is 32.2. The summed E-state index contributed by atoms with van der Waals surface area (Å²) in [6, 6.07) is 2.47. The topological polar surface area (TPSA) is 56.1 Å². The second-order valence-electron chi connectivity index (χ2n) is 5.62. The van der Waals surface area contributed by atoms with Crippen LogP contribution < -0.4 is 0 Å². The molecule has 0 bridgehead atoms.